The van der Waals surface area contributed by atoms with Crippen molar-refractivity contribution in [1.29, 1.82) is 0 Å². The van der Waals surface area contributed by atoms with Crippen molar-refractivity contribution in [2.45, 2.75) is 12.3 Å². The third-order valence-electron chi connectivity index (χ3n) is 4.24. The summed E-state index contributed by atoms with van der Waals surface area (Å²) in [4.78, 5) is 31.1. The summed E-state index contributed by atoms with van der Waals surface area (Å²) in [7, 11) is 0. The number of carbonyl (C=O) groups is 1. The van der Waals surface area contributed by atoms with Gasteiger partial charge in [0.2, 0.25) is 11.9 Å². The number of hydrogen-bond acceptors (Lipinski definition) is 4. The van der Waals surface area contributed by atoms with Crippen molar-refractivity contribution in [2.24, 2.45) is 0 Å². The number of anilines is 2. The molecule has 2 aromatic carbocycles. The highest BCUT2D eigenvalue weighted by Crippen LogP contribution is 2.31. The van der Waals surface area contributed by atoms with Crippen LogP contribution in [0.1, 0.15) is 17.9 Å². The summed E-state index contributed by atoms with van der Waals surface area (Å²) < 4.78 is 0. The number of aromatic nitrogens is 2. The number of benzene rings is 2. The van der Waals surface area contributed by atoms with Crippen LogP contribution < -0.4 is 16.2 Å². The zero-order valence-corrected chi connectivity index (χ0v) is 12.9. The van der Waals surface area contributed by atoms with Crippen molar-refractivity contribution in [1.82, 2.24) is 9.97 Å². The number of para-hydroxylation sites is 2. The van der Waals surface area contributed by atoms with Crippen LogP contribution in [-0.2, 0) is 4.79 Å². The first kappa shape index (κ1) is 14.4. The van der Waals surface area contributed by atoms with Crippen LogP contribution in [0, 0.1) is 0 Å². The molecule has 0 bridgehead atoms. The van der Waals surface area contributed by atoms with Crippen molar-refractivity contribution in [3.8, 4) is 0 Å². The third-order valence-corrected chi connectivity index (χ3v) is 4.24. The Labute approximate surface area is 137 Å². The maximum atomic E-state index is 12.1. The summed E-state index contributed by atoms with van der Waals surface area (Å²) in [6.07, 6.45) is 0.405. The number of nitrogens with zero attached hydrogens (tertiary/aromatic N) is 1. The van der Waals surface area contributed by atoms with Gasteiger partial charge in [0.1, 0.15) is 0 Å². The number of rotatable bonds is 3. The topological polar surface area (TPSA) is 86.9 Å². The highest BCUT2D eigenvalue weighted by atomic mass is 16.1. The minimum absolute atomic E-state index is 0.000430. The number of amides is 1. The molecule has 1 aromatic heterocycles. The van der Waals surface area contributed by atoms with Crippen LogP contribution in [0.25, 0.3) is 10.9 Å². The van der Waals surface area contributed by atoms with E-state index in [1.165, 1.54) is 0 Å². The lowest BCUT2D eigenvalue weighted by Gasteiger charge is -2.25. The predicted octanol–water partition coefficient (Wildman–Crippen LogP) is 2.46. The molecule has 0 spiro atoms. The minimum atomic E-state index is -0.176. The van der Waals surface area contributed by atoms with Gasteiger partial charge in [0, 0.05) is 24.6 Å². The van der Waals surface area contributed by atoms with Gasteiger partial charge in [-0.1, -0.05) is 30.3 Å². The van der Waals surface area contributed by atoms with E-state index in [0.717, 1.165) is 11.3 Å². The Morgan fingerprint density at radius 2 is 1.88 bits per heavy atom. The van der Waals surface area contributed by atoms with Gasteiger partial charge in [-0.25, -0.2) is 4.98 Å². The van der Waals surface area contributed by atoms with E-state index in [1.807, 2.05) is 36.4 Å². The van der Waals surface area contributed by atoms with Crippen LogP contribution in [0.5, 0.6) is 0 Å². The predicted molar refractivity (Wildman–Crippen MR) is 93.3 cm³/mol. The quantitative estimate of drug-likeness (QED) is 0.692. The molecule has 1 aliphatic rings. The van der Waals surface area contributed by atoms with Gasteiger partial charge >= 0.3 is 0 Å². The molecule has 0 saturated carbocycles. The normalized spacial score (nSPS) is 16.5. The van der Waals surface area contributed by atoms with Crippen LogP contribution in [-0.4, -0.2) is 22.4 Å². The van der Waals surface area contributed by atoms with Crippen LogP contribution in [0.2, 0.25) is 0 Å². The van der Waals surface area contributed by atoms with E-state index in [0.29, 0.717) is 29.8 Å². The standard InChI is InChI=1S/C18H16N4O2/c23-16-9-11(12-5-1-3-7-14(12)20-16)10-19-18-21-15-8-4-2-6-13(15)17(24)22-18/h1-8,11H,9-10H2,(H,20,23)(H2,19,21,22,24). The van der Waals surface area contributed by atoms with E-state index < -0.39 is 0 Å². The lowest BCUT2D eigenvalue weighted by molar-refractivity contribution is -0.116. The number of aromatic amines is 1. The first-order chi connectivity index (χ1) is 11.7. The highest BCUT2D eigenvalue weighted by Gasteiger charge is 2.24. The molecule has 2 heterocycles. The average molecular weight is 320 g/mol. The van der Waals surface area contributed by atoms with Crippen molar-refractivity contribution < 1.29 is 4.79 Å². The lowest BCUT2D eigenvalue weighted by atomic mass is 9.90. The molecule has 1 atom stereocenters. The van der Waals surface area contributed by atoms with E-state index >= 15 is 0 Å². The molecule has 0 fully saturated rings. The fourth-order valence-electron chi connectivity index (χ4n) is 3.07. The van der Waals surface area contributed by atoms with E-state index in [9.17, 15) is 9.59 Å². The minimum Gasteiger partial charge on any atom is -0.355 e. The number of carbonyl (C=O) groups excluding carboxylic acids is 1. The Kier molecular flexibility index (Phi) is 3.49. The van der Waals surface area contributed by atoms with Crippen LogP contribution in [0.15, 0.2) is 53.3 Å². The molecule has 6 nitrogen and oxygen atoms in total. The summed E-state index contributed by atoms with van der Waals surface area (Å²) in [5, 5.41) is 6.60. The third kappa shape index (κ3) is 2.62. The number of nitrogens with one attached hydrogen (secondary N) is 3. The molecule has 3 aromatic rings. The second-order valence-electron chi connectivity index (χ2n) is 5.85. The largest absolute Gasteiger partial charge is 0.355 e. The number of H-pyrrole nitrogens is 1. The van der Waals surface area contributed by atoms with Crippen molar-refractivity contribution in [2.75, 3.05) is 17.2 Å². The molecule has 6 heteroatoms. The van der Waals surface area contributed by atoms with Gasteiger partial charge < -0.3 is 10.6 Å². The molecule has 0 aliphatic carbocycles. The fourth-order valence-corrected chi connectivity index (χ4v) is 3.07. The molecule has 120 valence electrons. The van der Waals surface area contributed by atoms with Crippen molar-refractivity contribution >= 4 is 28.4 Å². The molecule has 1 aliphatic heterocycles. The molecule has 1 unspecified atom stereocenters. The Morgan fingerprint density at radius 1 is 1.08 bits per heavy atom. The number of hydrogen-bond donors (Lipinski definition) is 3. The van der Waals surface area contributed by atoms with E-state index in [2.05, 4.69) is 20.6 Å². The Bertz CT molecular complexity index is 980. The van der Waals surface area contributed by atoms with E-state index in [4.69, 9.17) is 0 Å². The second kappa shape index (κ2) is 5.81. The van der Waals surface area contributed by atoms with Gasteiger partial charge in [-0.2, -0.15) is 0 Å². The Hall–Kier alpha value is -3.15. The maximum Gasteiger partial charge on any atom is 0.260 e. The summed E-state index contributed by atoms with van der Waals surface area (Å²) in [6.45, 7) is 0.520. The van der Waals surface area contributed by atoms with E-state index in [-0.39, 0.29) is 17.4 Å². The number of fused-ring (bicyclic) bond motifs is 2. The molecule has 0 radical (unpaired) electrons. The summed E-state index contributed by atoms with van der Waals surface area (Å²) in [5.41, 5.74) is 2.41. The Balaban J connectivity index is 1.59. The first-order valence-corrected chi connectivity index (χ1v) is 7.82. The van der Waals surface area contributed by atoms with Crippen molar-refractivity contribution in [3.05, 3.63) is 64.4 Å². The summed E-state index contributed by atoms with van der Waals surface area (Å²) in [6, 6.07) is 15.0. The zero-order chi connectivity index (χ0) is 16.5. The van der Waals surface area contributed by atoms with Crippen LogP contribution >= 0.6 is 0 Å². The average Bonchev–Trinajstić information content (AvgIpc) is 2.59. The van der Waals surface area contributed by atoms with Gasteiger partial charge in [-0.05, 0) is 23.8 Å². The Morgan fingerprint density at radius 3 is 2.79 bits per heavy atom. The highest BCUT2D eigenvalue weighted by molar-refractivity contribution is 5.94. The monoisotopic (exact) mass is 320 g/mol. The molecule has 1 amide bonds. The molecular weight excluding hydrogens is 304 g/mol. The van der Waals surface area contributed by atoms with E-state index in [1.54, 1.807) is 12.1 Å². The molecule has 0 saturated heterocycles. The zero-order valence-electron chi connectivity index (χ0n) is 12.9. The van der Waals surface area contributed by atoms with Gasteiger partial charge in [0.15, 0.2) is 0 Å². The summed E-state index contributed by atoms with van der Waals surface area (Å²) >= 11 is 0. The second-order valence-corrected chi connectivity index (χ2v) is 5.85. The molecule has 3 N–H and O–H groups in total. The van der Waals surface area contributed by atoms with Gasteiger partial charge in [0.05, 0.1) is 10.9 Å². The molecule has 24 heavy (non-hydrogen) atoms. The summed E-state index contributed by atoms with van der Waals surface area (Å²) in [5.74, 6) is 0.453. The smallest absolute Gasteiger partial charge is 0.260 e. The van der Waals surface area contributed by atoms with Gasteiger partial charge in [-0.3, -0.25) is 14.6 Å². The van der Waals surface area contributed by atoms with Crippen LogP contribution in [0.3, 0.4) is 0 Å². The van der Waals surface area contributed by atoms with Crippen LogP contribution in [0.4, 0.5) is 11.6 Å². The lowest BCUT2D eigenvalue weighted by Crippen LogP contribution is -2.27. The SMILES string of the molecule is O=C1CC(CNc2nc3ccccc3c(=O)[nH]2)c2ccccc2N1. The molecular formula is C18H16N4O2. The van der Waals surface area contributed by atoms with Gasteiger partial charge in [-0.15, -0.1) is 0 Å². The fraction of sp³-hybridized carbons (Fsp3) is 0.167. The maximum absolute atomic E-state index is 12.1. The van der Waals surface area contributed by atoms with Gasteiger partial charge in [0.25, 0.3) is 5.56 Å². The first-order valence-electron chi connectivity index (χ1n) is 7.82. The molecule has 4 rings (SSSR count). The van der Waals surface area contributed by atoms with Crippen molar-refractivity contribution in [3.63, 3.8) is 0 Å².